The second kappa shape index (κ2) is 8.72. The predicted octanol–water partition coefficient (Wildman–Crippen LogP) is 7.77. The van der Waals surface area contributed by atoms with E-state index in [1.165, 1.54) is 0 Å². The molecule has 4 nitrogen and oxygen atoms in total. The third kappa shape index (κ3) is 3.68. The molecule has 162 valence electrons. The molecule has 33 heavy (non-hydrogen) atoms. The maximum absolute atomic E-state index is 10.1. The summed E-state index contributed by atoms with van der Waals surface area (Å²) in [6.07, 6.45) is 0. The van der Waals surface area contributed by atoms with Gasteiger partial charge in [0.15, 0.2) is 0 Å². The first-order valence-electron chi connectivity index (χ1n) is 11.3. The van der Waals surface area contributed by atoms with Crippen molar-refractivity contribution in [3.8, 4) is 6.07 Å². The highest BCUT2D eigenvalue weighted by molar-refractivity contribution is 6.08. The predicted molar refractivity (Wildman–Crippen MR) is 137 cm³/mol. The summed E-state index contributed by atoms with van der Waals surface area (Å²) >= 11 is 0. The molecule has 0 aliphatic carbocycles. The molecular formula is C29H25N3O. The Morgan fingerprint density at radius 2 is 1.30 bits per heavy atom. The van der Waals surface area contributed by atoms with Gasteiger partial charge in [-0.2, -0.15) is 5.26 Å². The second-order valence-corrected chi connectivity index (χ2v) is 7.94. The highest BCUT2D eigenvalue weighted by atomic mass is 16.3. The lowest BCUT2D eigenvalue weighted by Gasteiger charge is -2.26. The average molecular weight is 432 g/mol. The number of hydrogen-bond donors (Lipinski definition) is 0. The van der Waals surface area contributed by atoms with Crippen molar-refractivity contribution in [3.63, 3.8) is 0 Å². The van der Waals surface area contributed by atoms with Crippen LogP contribution in [0.2, 0.25) is 0 Å². The summed E-state index contributed by atoms with van der Waals surface area (Å²) in [4.78, 5) is 4.40. The van der Waals surface area contributed by atoms with Gasteiger partial charge in [-0.3, -0.25) is 0 Å². The molecule has 4 heteroatoms. The van der Waals surface area contributed by atoms with Crippen molar-refractivity contribution >= 4 is 44.7 Å². The molecular weight excluding hydrogens is 406 g/mol. The van der Waals surface area contributed by atoms with Crippen molar-refractivity contribution in [2.45, 2.75) is 13.8 Å². The normalized spacial score (nSPS) is 10.9. The topological polar surface area (TPSA) is 43.4 Å². The lowest BCUT2D eigenvalue weighted by Crippen LogP contribution is -2.21. The van der Waals surface area contributed by atoms with E-state index < -0.39 is 0 Å². The molecule has 0 N–H and O–H groups in total. The Bertz CT molecular complexity index is 1410. The number of nitriles is 1. The molecule has 5 aromatic rings. The van der Waals surface area contributed by atoms with Crippen LogP contribution in [0.15, 0.2) is 95.4 Å². The van der Waals surface area contributed by atoms with Gasteiger partial charge in [-0.15, -0.1) is 0 Å². The van der Waals surface area contributed by atoms with Crippen LogP contribution in [0.25, 0.3) is 21.9 Å². The molecule has 0 aliphatic heterocycles. The van der Waals surface area contributed by atoms with E-state index >= 15 is 0 Å². The Balaban J connectivity index is 1.73. The molecule has 0 fully saturated rings. The smallest absolute Gasteiger partial charge is 0.137 e. The number of anilines is 4. The molecule has 1 aromatic heterocycles. The zero-order valence-electron chi connectivity index (χ0n) is 18.8. The first-order chi connectivity index (χ1) is 16.2. The SMILES string of the molecule is CCN(CC)c1ccc2c(c1)oc1cc(N(c3ccccc3)c3ccccc3)c(C#N)cc12. The lowest BCUT2D eigenvalue weighted by atomic mass is 10.1. The summed E-state index contributed by atoms with van der Waals surface area (Å²) in [5, 5.41) is 12.1. The van der Waals surface area contributed by atoms with E-state index in [2.05, 4.69) is 47.9 Å². The van der Waals surface area contributed by atoms with Crippen LogP contribution < -0.4 is 9.80 Å². The zero-order chi connectivity index (χ0) is 22.8. The van der Waals surface area contributed by atoms with E-state index in [0.717, 1.165) is 57.8 Å². The van der Waals surface area contributed by atoms with Gasteiger partial charge in [0.25, 0.3) is 0 Å². The average Bonchev–Trinajstić information content (AvgIpc) is 3.22. The summed E-state index contributed by atoms with van der Waals surface area (Å²) in [5.74, 6) is 0. The van der Waals surface area contributed by atoms with Crippen LogP contribution in [0.3, 0.4) is 0 Å². The maximum Gasteiger partial charge on any atom is 0.137 e. The van der Waals surface area contributed by atoms with Crippen molar-refractivity contribution in [1.29, 1.82) is 5.26 Å². The second-order valence-electron chi connectivity index (χ2n) is 7.94. The first kappa shape index (κ1) is 20.7. The summed E-state index contributed by atoms with van der Waals surface area (Å²) < 4.78 is 6.33. The summed E-state index contributed by atoms with van der Waals surface area (Å²) in [6, 6.07) is 32.9. The highest BCUT2D eigenvalue weighted by Gasteiger charge is 2.19. The standard InChI is InChI=1S/C29H25N3O/c1-3-31(4-2)24-15-16-25-26-17-21(20-30)27(19-29(26)33-28(25)18-24)32(22-11-7-5-8-12-22)23-13-9-6-10-14-23/h5-19H,3-4H2,1-2H3. The number of para-hydroxylation sites is 2. The summed E-state index contributed by atoms with van der Waals surface area (Å²) in [7, 11) is 0. The van der Waals surface area contributed by atoms with E-state index in [9.17, 15) is 5.26 Å². The van der Waals surface area contributed by atoms with Crippen molar-refractivity contribution in [3.05, 3.63) is 96.6 Å². The van der Waals surface area contributed by atoms with Gasteiger partial charge >= 0.3 is 0 Å². The Labute approximate surface area is 193 Å². The first-order valence-corrected chi connectivity index (χ1v) is 11.3. The van der Waals surface area contributed by atoms with Crippen LogP contribution >= 0.6 is 0 Å². The van der Waals surface area contributed by atoms with Gasteiger partial charge in [-0.25, -0.2) is 0 Å². The molecule has 1 heterocycles. The Kier molecular flexibility index (Phi) is 5.46. The van der Waals surface area contributed by atoms with Crippen LogP contribution in [-0.2, 0) is 0 Å². The van der Waals surface area contributed by atoms with Crippen molar-refractivity contribution in [2.24, 2.45) is 0 Å². The van der Waals surface area contributed by atoms with E-state index in [1.54, 1.807) is 0 Å². The van der Waals surface area contributed by atoms with Gasteiger partial charge in [0.05, 0.1) is 11.3 Å². The third-order valence-electron chi connectivity index (χ3n) is 6.09. The Morgan fingerprint density at radius 1 is 0.697 bits per heavy atom. The molecule has 0 radical (unpaired) electrons. The van der Waals surface area contributed by atoms with Crippen LogP contribution in [0.5, 0.6) is 0 Å². The fourth-order valence-corrected chi connectivity index (χ4v) is 4.44. The van der Waals surface area contributed by atoms with Crippen molar-refractivity contribution < 1.29 is 4.42 Å². The molecule has 0 aliphatic rings. The minimum Gasteiger partial charge on any atom is -0.456 e. The van der Waals surface area contributed by atoms with Crippen molar-refractivity contribution in [2.75, 3.05) is 22.9 Å². The Hall–Kier alpha value is -4.23. The number of nitrogens with zero attached hydrogens (tertiary/aromatic N) is 3. The lowest BCUT2D eigenvalue weighted by molar-refractivity contribution is 0.668. The van der Waals surface area contributed by atoms with Crippen LogP contribution in [0.4, 0.5) is 22.7 Å². The maximum atomic E-state index is 10.1. The quantitative estimate of drug-likeness (QED) is 0.275. The van der Waals surface area contributed by atoms with E-state index in [-0.39, 0.29) is 0 Å². The number of hydrogen-bond acceptors (Lipinski definition) is 4. The largest absolute Gasteiger partial charge is 0.456 e. The number of benzene rings is 4. The molecule has 0 atom stereocenters. The fourth-order valence-electron chi connectivity index (χ4n) is 4.44. The Morgan fingerprint density at radius 3 is 1.88 bits per heavy atom. The zero-order valence-corrected chi connectivity index (χ0v) is 18.8. The molecule has 0 unspecified atom stereocenters. The fraction of sp³-hybridized carbons (Fsp3) is 0.138. The van der Waals surface area contributed by atoms with Crippen LogP contribution in [0.1, 0.15) is 19.4 Å². The molecule has 0 bridgehead atoms. The number of fused-ring (bicyclic) bond motifs is 3. The van der Waals surface area contributed by atoms with Gasteiger partial charge in [0, 0.05) is 53.1 Å². The summed E-state index contributed by atoms with van der Waals surface area (Å²) in [6.45, 7) is 6.18. The molecule has 4 aromatic carbocycles. The van der Waals surface area contributed by atoms with Gasteiger partial charge in [0.1, 0.15) is 17.2 Å². The molecule has 5 rings (SSSR count). The number of rotatable bonds is 6. The summed E-state index contributed by atoms with van der Waals surface area (Å²) in [5.41, 5.74) is 6.12. The molecule has 0 saturated carbocycles. The van der Waals surface area contributed by atoms with Gasteiger partial charge in [0.2, 0.25) is 0 Å². The van der Waals surface area contributed by atoms with E-state index in [4.69, 9.17) is 4.42 Å². The minimum atomic E-state index is 0.603. The monoisotopic (exact) mass is 431 g/mol. The molecule has 0 saturated heterocycles. The van der Waals surface area contributed by atoms with Gasteiger partial charge < -0.3 is 14.2 Å². The van der Waals surface area contributed by atoms with Crippen LogP contribution in [-0.4, -0.2) is 13.1 Å². The minimum absolute atomic E-state index is 0.603. The number of furan rings is 1. The van der Waals surface area contributed by atoms with Crippen molar-refractivity contribution in [1.82, 2.24) is 0 Å². The van der Waals surface area contributed by atoms with Crippen LogP contribution in [0, 0.1) is 11.3 Å². The van der Waals surface area contributed by atoms with E-state index in [0.29, 0.717) is 5.56 Å². The third-order valence-corrected chi connectivity index (χ3v) is 6.09. The molecule has 0 amide bonds. The molecule has 0 spiro atoms. The van der Waals surface area contributed by atoms with Gasteiger partial charge in [-0.1, -0.05) is 36.4 Å². The van der Waals surface area contributed by atoms with Gasteiger partial charge in [-0.05, 0) is 56.3 Å². The van der Waals surface area contributed by atoms with E-state index in [1.807, 2.05) is 72.8 Å². The highest BCUT2D eigenvalue weighted by Crippen LogP contribution is 2.41.